The Hall–Kier alpha value is -0.870. The van der Waals surface area contributed by atoms with Crippen LogP contribution in [0.1, 0.15) is 79.6 Å². The largest absolute Gasteiger partial charge is 0.369 e. The second kappa shape index (κ2) is 10.3. The third kappa shape index (κ3) is 8.87. The molecule has 0 aliphatic carbocycles. The third-order valence-electron chi connectivity index (χ3n) is 4.90. The van der Waals surface area contributed by atoms with E-state index in [0.717, 1.165) is 19.3 Å². The van der Waals surface area contributed by atoms with Crippen LogP contribution in [0.4, 0.5) is 0 Å². The predicted molar refractivity (Wildman–Crippen MR) is 105 cm³/mol. The van der Waals surface area contributed by atoms with Crippen molar-refractivity contribution in [3.05, 3.63) is 12.2 Å². The molecular weight excluding hydrogens is 312 g/mol. The summed E-state index contributed by atoms with van der Waals surface area (Å²) in [5.74, 6) is 0.115. The van der Waals surface area contributed by atoms with E-state index in [1.807, 2.05) is 13.8 Å². The first-order valence-electron chi connectivity index (χ1n) is 10.0. The molecule has 1 aliphatic rings. The van der Waals surface area contributed by atoms with E-state index in [4.69, 9.17) is 10.5 Å². The monoisotopic (exact) mass is 352 g/mol. The SMILES string of the molecule is CCCCCC1OC1C/C=C/C(C)(C)CC(C)(C)C(=O)NCCCN. The van der Waals surface area contributed by atoms with Gasteiger partial charge in [0.1, 0.15) is 0 Å². The van der Waals surface area contributed by atoms with Crippen molar-refractivity contribution in [3.8, 4) is 0 Å². The lowest BCUT2D eigenvalue weighted by atomic mass is 9.74. The zero-order chi connectivity index (χ0) is 18.9. The highest BCUT2D eigenvalue weighted by molar-refractivity contribution is 5.81. The van der Waals surface area contributed by atoms with Crippen molar-refractivity contribution in [2.45, 2.75) is 91.8 Å². The maximum atomic E-state index is 12.4. The van der Waals surface area contributed by atoms with Gasteiger partial charge in [-0.25, -0.2) is 0 Å². The number of allylic oxidation sites excluding steroid dienone is 1. The van der Waals surface area contributed by atoms with E-state index in [2.05, 4.69) is 38.2 Å². The number of carbonyl (C=O) groups excluding carboxylic acids is 1. The summed E-state index contributed by atoms with van der Waals surface area (Å²) in [6.07, 6.45) is 13.1. The zero-order valence-electron chi connectivity index (χ0n) is 17.1. The number of ether oxygens (including phenoxy) is 1. The molecule has 1 heterocycles. The molecule has 0 aromatic heterocycles. The predicted octanol–water partition coefficient (Wildman–Crippen LogP) is 4.19. The van der Waals surface area contributed by atoms with Crippen LogP contribution in [0.3, 0.4) is 0 Å². The summed E-state index contributed by atoms with van der Waals surface area (Å²) in [4.78, 5) is 12.4. The summed E-state index contributed by atoms with van der Waals surface area (Å²) in [6.45, 7) is 11.9. The van der Waals surface area contributed by atoms with Crippen LogP contribution in [0, 0.1) is 10.8 Å². The van der Waals surface area contributed by atoms with Gasteiger partial charge in [-0.3, -0.25) is 4.79 Å². The Morgan fingerprint density at radius 2 is 1.88 bits per heavy atom. The number of carbonyl (C=O) groups is 1. The molecule has 25 heavy (non-hydrogen) atoms. The Morgan fingerprint density at radius 3 is 2.52 bits per heavy atom. The first-order valence-corrected chi connectivity index (χ1v) is 10.0. The summed E-state index contributed by atoms with van der Waals surface area (Å²) in [6, 6.07) is 0. The minimum absolute atomic E-state index is 0.0126. The van der Waals surface area contributed by atoms with Gasteiger partial charge in [0.05, 0.1) is 12.2 Å². The highest BCUT2D eigenvalue weighted by Crippen LogP contribution is 2.36. The third-order valence-corrected chi connectivity index (χ3v) is 4.90. The topological polar surface area (TPSA) is 67.7 Å². The lowest BCUT2D eigenvalue weighted by molar-refractivity contribution is -0.130. The molecule has 3 N–H and O–H groups in total. The second-order valence-electron chi connectivity index (χ2n) is 8.79. The fourth-order valence-corrected chi connectivity index (χ4v) is 3.58. The molecule has 4 heteroatoms. The van der Waals surface area contributed by atoms with Crippen molar-refractivity contribution < 1.29 is 9.53 Å². The summed E-state index contributed by atoms with van der Waals surface area (Å²) >= 11 is 0. The molecule has 146 valence electrons. The van der Waals surface area contributed by atoms with Crippen molar-refractivity contribution in [2.75, 3.05) is 13.1 Å². The van der Waals surface area contributed by atoms with Crippen molar-refractivity contribution in [3.63, 3.8) is 0 Å². The first kappa shape index (κ1) is 22.2. The fourth-order valence-electron chi connectivity index (χ4n) is 3.58. The lowest BCUT2D eigenvalue weighted by Gasteiger charge is -2.32. The summed E-state index contributed by atoms with van der Waals surface area (Å²) < 4.78 is 5.75. The number of hydrogen-bond acceptors (Lipinski definition) is 3. The van der Waals surface area contributed by atoms with E-state index in [9.17, 15) is 4.79 Å². The summed E-state index contributed by atoms with van der Waals surface area (Å²) in [5, 5.41) is 3.00. The Bertz CT molecular complexity index is 430. The molecule has 0 saturated carbocycles. The number of unbranched alkanes of at least 4 members (excludes halogenated alkanes) is 2. The Kier molecular flexibility index (Phi) is 9.15. The van der Waals surface area contributed by atoms with Gasteiger partial charge in [0, 0.05) is 12.0 Å². The number of amides is 1. The van der Waals surface area contributed by atoms with Crippen molar-refractivity contribution in [1.82, 2.24) is 5.32 Å². The average molecular weight is 353 g/mol. The van der Waals surface area contributed by atoms with Gasteiger partial charge in [0.25, 0.3) is 0 Å². The van der Waals surface area contributed by atoms with Crippen LogP contribution in [0.2, 0.25) is 0 Å². The standard InChI is InChI=1S/C21H40N2O2/c1-6-7-8-11-17-18(25-17)12-9-13-20(2,3)16-21(4,5)19(24)23-15-10-14-22/h9,13,17-18H,6-8,10-12,14-16,22H2,1-5H3,(H,23,24)/b13-9+. The number of epoxide rings is 1. The van der Waals surface area contributed by atoms with Crippen molar-refractivity contribution in [1.29, 1.82) is 0 Å². The van der Waals surface area contributed by atoms with Gasteiger partial charge >= 0.3 is 0 Å². The van der Waals surface area contributed by atoms with Crippen molar-refractivity contribution >= 4 is 5.91 Å². The minimum atomic E-state index is -0.388. The van der Waals surface area contributed by atoms with Crippen LogP contribution in [0.15, 0.2) is 12.2 Å². The Morgan fingerprint density at radius 1 is 1.16 bits per heavy atom. The number of rotatable bonds is 13. The molecule has 0 radical (unpaired) electrons. The van der Waals surface area contributed by atoms with Crippen LogP contribution in [0.25, 0.3) is 0 Å². The normalized spacial score (nSPS) is 20.9. The Labute approximate surface area is 155 Å². The van der Waals surface area contributed by atoms with Crippen LogP contribution in [-0.2, 0) is 9.53 Å². The summed E-state index contributed by atoms with van der Waals surface area (Å²) in [7, 11) is 0. The maximum Gasteiger partial charge on any atom is 0.225 e. The van der Waals surface area contributed by atoms with Gasteiger partial charge in [0.2, 0.25) is 5.91 Å². The van der Waals surface area contributed by atoms with Gasteiger partial charge in [-0.1, -0.05) is 66.0 Å². The molecule has 1 aliphatic heterocycles. The molecule has 0 bridgehead atoms. The molecule has 4 nitrogen and oxygen atoms in total. The molecule has 2 atom stereocenters. The maximum absolute atomic E-state index is 12.4. The van der Waals surface area contributed by atoms with Crippen LogP contribution in [-0.4, -0.2) is 31.2 Å². The van der Waals surface area contributed by atoms with E-state index in [1.54, 1.807) is 0 Å². The van der Waals surface area contributed by atoms with Crippen LogP contribution >= 0.6 is 0 Å². The molecule has 1 fully saturated rings. The van der Waals surface area contributed by atoms with Gasteiger partial charge in [0.15, 0.2) is 0 Å². The fraction of sp³-hybridized carbons (Fsp3) is 0.857. The van der Waals surface area contributed by atoms with Crippen LogP contribution in [0.5, 0.6) is 0 Å². The van der Waals surface area contributed by atoms with E-state index in [0.29, 0.717) is 25.3 Å². The van der Waals surface area contributed by atoms with Gasteiger partial charge in [-0.15, -0.1) is 0 Å². The molecule has 0 spiro atoms. The molecule has 0 aromatic rings. The van der Waals surface area contributed by atoms with Gasteiger partial charge in [-0.2, -0.15) is 0 Å². The van der Waals surface area contributed by atoms with Crippen LogP contribution < -0.4 is 11.1 Å². The lowest BCUT2D eigenvalue weighted by Crippen LogP contribution is -2.40. The Balaban J connectivity index is 2.35. The van der Waals surface area contributed by atoms with E-state index >= 15 is 0 Å². The molecule has 0 aromatic carbocycles. The summed E-state index contributed by atoms with van der Waals surface area (Å²) in [5.41, 5.74) is 5.08. The van der Waals surface area contributed by atoms with E-state index in [-0.39, 0.29) is 16.7 Å². The highest BCUT2D eigenvalue weighted by Gasteiger charge is 2.37. The smallest absolute Gasteiger partial charge is 0.225 e. The molecule has 1 amide bonds. The number of hydrogen-bond donors (Lipinski definition) is 2. The van der Waals surface area contributed by atoms with E-state index in [1.165, 1.54) is 25.7 Å². The number of nitrogens with two attached hydrogens (primary N) is 1. The second-order valence-corrected chi connectivity index (χ2v) is 8.79. The highest BCUT2D eigenvalue weighted by atomic mass is 16.6. The molecule has 1 rings (SSSR count). The molecule has 2 unspecified atom stereocenters. The van der Waals surface area contributed by atoms with E-state index < -0.39 is 0 Å². The van der Waals surface area contributed by atoms with Crippen molar-refractivity contribution in [2.24, 2.45) is 16.6 Å². The number of nitrogens with one attached hydrogen (secondary N) is 1. The van der Waals surface area contributed by atoms with Gasteiger partial charge < -0.3 is 15.8 Å². The molecule has 1 saturated heterocycles. The average Bonchev–Trinajstić information content (AvgIpc) is 3.24. The van der Waals surface area contributed by atoms with Gasteiger partial charge in [-0.05, 0) is 37.6 Å². The zero-order valence-corrected chi connectivity index (χ0v) is 17.1. The molecular formula is C21H40N2O2. The first-order chi connectivity index (χ1) is 11.7. The quantitative estimate of drug-likeness (QED) is 0.297. The minimum Gasteiger partial charge on any atom is -0.369 e.